The van der Waals surface area contributed by atoms with Gasteiger partial charge >= 0.3 is 7.12 Å². The van der Waals surface area contributed by atoms with E-state index in [9.17, 15) is 8.42 Å². The minimum absolute atomic E-state index is 0.180. The minimum atomic E-state index is -2.94. The van der Waals surface area contributed by atoms with Crippen molar-refractivity contribution in [3.63, 3.8) is 0 Å². The lowest BCUT2D eigenvalue weighted by atomic mass is 9.81. The summed E-state index contributed by atoms with van der Waals surface area (Å²) in [5.41, 5.74) is -0.320. The van der Waals surface area contributed by atoms with Gasteiger partial charge < -0.3 is 9.31 Å². The Balaban J connectivity index is 1.83. The van der Waals surface area contributed by atoms with Crippen LogP contribution in [-0.4, -0.2) is 53.8 Å². The Morgan fingerprint density at radius 2 is 1.75 bits per heavy atom. The van der Waals surface area contributed by atoms with Crippen LogP contribution in [0.4, 0.5) is 0 Å². The van der Waals surface area contributed by atoms with Gasteiger partial charge in [0.25, 0.3) is 0 Å². The van der Waals surface area contributed by atoms with Gasteiger partial charge in [-0.05, 0) is 40.5 Å². The fraction of sp³-hybridized carbons (Fsp3) is 0.800. The summed E-state index contributed by atoms with van der Waals surface area (Å²) in [6, 6.07) is 0. The van der Waals surface area contributed by atoms with Crippen molar-refractivity contribution in [1.29, 1.82) is 0 Å². The summed E-state index contributed by atoms with van der Waals surface area (Å²) in [7, 11) is -3.40. The van der Waals surface area contributed by atoms with Gasteiger partial charge in [0.1, 0.15) is 0 Å². The summed E-state index contributed by atoms with van der Waals surface area (Å²) >= 11 is 4.47. The topological polar surface area (TPSA) is 70.4 Å². The van der Waals surface area contributed by atoms with Crippen molar-refractivity contribution in [2.75, 3.05) is 17.3 Å². The van der Waals surface area contributed by atoms with Gasteiger partial charge in [-0.2, -0.15) is 17.7 Å². The molecule has 0 bridgehead atoms. The molecule has 1 aromatic heterocycles. The maximum atomic E-state index is 11.7. The van der Waals surface area contributed by atoms with Crippen LogP contribution in [0.2, 0.25) is 0 Å². The summed E-state index contributed by atoms with van der Waals surface area (Å²) in [6.45, 7) is 8.05. The zero-order chi connectivity index (χ0) is 17.8. The molecule has 0 unspecified atom stereocenters. The lowest BCUT2D eigenvalue weighted by Crippen LogP contribution is -2.44. The van der Waals surface area contributed by atoms with Crippen LogP contribution in [0.3, 0.4) is 0 Å². The van der Waals surface area contributed by atoms with E-state index in [0.717, 1.165) is 5.46 Å². The van der Waals surface area contributed by atoms with Gasteiger partial charge in [-0.15, -0.1) is 0 Å². The second kappa shape index (κ2) is 5.76. The fourth-order valence-corrected chi connectivity index (χ4v) is 5.12. The highest BCUT2D eigenvalue weighted by atomic mass is 32.2. The molecule has 0 atom stereocenters. The zero-order valence-electron chi connectivity index (χ0n) is 14.7. The average molecular weight is 372 g/mol. The monoisotopic (exact) mass is 372 g/mol. The molecule has 2 fully saturated rings. The number of sulfone groups is 1. The number of hydrogen-bond acceptors (Lipinski definition) is 6. The fourth-order valence-electron chi connectivity index (χ4n) is 3.07. The van der Waals surface area contributed by atoms with Gasteiger partial charge in [0.2, 0.25) is 0 Å². The molecule has 2 aliphatic rings. The summed E-state index contributed by atoms with van der Waals surface area (Å²) < 4.78 is 37.5. The van der Waals surface area contributed by atoms with E-state index in [1.165, 1.54) is 0 Å². The Kier molecular flexibility index (Phi) is 4.39. The van der Waals surface area contributed by atoms with Crippen LogP contribution in [0.5, 0.6) is 0 Å². The van der Waals surface area contributed by atoms with Crippen LogP contribution in [0.25, 0.3) is 0 Å². The first kappa shape index (κ1) is 18.3. The SMILES string of the molecule is CC1(C)OB(c2cnn(C3(CS)CCS(=O)(=O)CC3)c2)OC1(C)C. The van der Waals surface area contributed by atoms with Crippen molar-refractivity contribution >= 4 is 35.0 Å². The van der Waals surface area contributed by atoms with E-state index in [-0.39, 0.29) is 17.0 Å². The van der Waals surface area contributed by atoms with E-state index < -0.39 is 28.2 Å². The number of rotatable bonds is 3. The second-order valence-corrected chi connectivity index (χ2v) is 10.5. The van der Waals surface area contributed by atoms with Crippen molar-refractivity contribution in [2.24, 2.45) is 0 Å². The summed E-state index contributed by atoms with van der Waals surface area (Å²) in [5, 5.41) is 4.48. The molecule has 134 valence electrons. The maximum Gasteiger partial charge on any atom is 0.498 e. The molecule has 24 heavy (non-hydrogen) atoms. The lowest BCUT2D eigenvalue weighted by molar-refractivity contribution is 0.00578. The molecule has 0 saturated carbocycles. The zero-order valence-corrected chi connectivity index (χ0v) is 16.4. The molecule has 2 aliphatic heterocycles. The van der Waals surface area contributed by atoms with Gasteiger partial charge in [-0.1, -0.05) is 0 Å². The molecule has 0 N–H and O–H groups in total. The van der Waals surface area contributed by atoms with E-state index in [2.05, 4.69) is 17.7 Å². The molecular formula is C15H25BN2O4S2. The first-order valence-corrected chi connectivity index (χ1v) is 10.7. The second-order valence-electron chi connectivity index (χ2n) is 7.84. The molecule has 0 amide bonds. The van der Waals surface area contributed by atoms with Crippen molar-refractivity contribution < 1.29 is 17.7 Å². The molecule has 0 aliphatic carbocycles. The summed E-state index contributed by atoms with van der Waals surface area (Å²) in [5.74, 6) is 0.908. The van der Waals surface area contributed by atoms with Crippen LogP contribution >= 0.6 is 12.6 Å². The van der Waals surface area contributed by atoms with Crippen LogP contribution in [-0.2, 0) is 24.7 Å². The molecule has 6 nitrogen and oxygen atoms in total. The Morgan fingerprint density at radius 3 is 2.25 bits per heavy atom. The Labute approximate surface area is 149 Å². The van der Waals surface area contributed by atoms with Gasteiger partial charge in [-0.25, -0.2) is 8.42 Å². The number of thiol groups is 1. The summed E-state index contributed by atoms with van der Waals surface area (Å²) in [6.07, 6.45) is 4.72. The first-order chi connectivity index (χ1) is 11.0. The number of nitrogens with zero attached hydrogens (tertiary/aromatic N) is 2. The lowest BCUT2D eigenvalue weighted by Gasteiger charge is -2.36. The molecular weight excluding hydrogens is 347 g/mol. The Bertz CT molecular complexity index is 700. The number of hydrogen-bond donors (Lipinski definition) is 1. The quantitative estimate of drug-likeness (QED) is 0.634. The summed E-state index contributed by atoms with van der Waals surface area (Å²) in [4.78, 5) is 0. The molecule has 3 rings (SSSR count). The van der Waals surface area contributed by atoms with E-state index in [4.69, 9.17) is 9.31 Å². The highest BCUT2D eigenvalue weighted by Gasteiger charge is 2.52. The van der Waals surface area contributed by atoms with Crippen molar-refractivity contribution in [3.8, 4) is 0 Å². The Hall–Kier alpha value is -0.505. The maximum absolute atomic E-state index is 11.7. The van der Waals surface area contributed by atoms with E-state index in [1.807, 2.05) is 38.6 Å². The third kappa shape index (κ3) is 3.04. The van der Waals surface area contributed by atoms with Gasteiger partial charge in [0.15, 0.2) is 9.84 Å². The molecule has 0 spiro atoms. The Morgan fingerprint density at radius 1 is 1.21 bits per heavy atom. The van der Waals surface area contributed by atoms with Gasteiger partial charge in [-0.3, -0.25) is 4.68 Å². The van der Waals surface area contributed by atoms with Gasteiger partial charge in [0, 0.05) is 23.6 Å². The van der Waals surface area contributed by atoms with Crippen LogP contribution in [0, 0.1) is 0 Å². The predicted molar refractivity (Wildman–Crippen MR) is 97.7 cm³/mol. The molecule has 3 heterocycles. The van der Waals surface area contributed by atoms with E-state index in [1.54, 1.807) is 6.20 Å². The van der Waals surface area contributed by atoms with E-state index in [0.29, 0.717) is 18.6 Å². The third-order valence-electron chi connectivity index (χ3n) is 5.67. The van der Waals surface area contributed by atoms with Crippen LogP contribution in [0.15, 0.2) is 12.4 Å². The molecule has 9 heteroatoms. The number of aromatic nitrogens is 2. The van der Waals surface area contributed by atoms with Crippen molar-refractivity contribution in [1.82, 2.24) is 9.78 Å². The minimum Gasteiger partial charge on any atom is -0.399 e. The molecule has 0 radical (unpaired) electrons. The van der Waals surface area contributed by atoms with Gasteiger partial charge in [0.05, 0.1) is 28.2 Å². The first-order valence-electron chi connectivity index (χ1n) is 8.22. The largest absolute Gasteiger partial charge is 0.498 e. The van der Waals surface area contributed by atoms with Crippen molar-refractivity contribution in [2.45, 2.75) is 57.3 Å². The van der Waals surface area contributed by atoms with Crippen LogP contribution < -0.4 is 5.46 Å². The highest BCUT2D eigenvalue weighted by molar-refractivity contribution is 7.91. The van der Waals surface area contributed by atoms with Crippen molar-refractivity contribution in [3.05, 3.63) is 12.4 Å². The van der Waals surface area contributed by atoms with Crippen LogP contribution in [0.1, 0.15) is 40.5 Å². The standard InChI is InChI=1S/C15H25BN2O4S2/c1-13(2)14(3,4)22-16(21-13)12-9-17-18(10-12)15(11-23)5-7-24(19,20)8-6-15/h9-10,23H,5-8,11H2,1-4H3. The highest BCUT2D eigenvalue weighted by Crippen LogP contribution is 2.37. The normalized spacial score (nSPS) is 27.3. The van der Waals surface area contributed by atoms with E-state index >= 15 is 0 Å². The molecule has 0 aromatic carbocycles. The average Bonchev–Trinajstić information content (AvgIpc) is 3.04. The third-order valence-corrected chi connectivity index (χ3v) is 7.91. The molecule has 2 saturated heterocycles. The molecule has 1 aromatic rings. The predicted octanol–water partition coefficient (Wildman–Crippen LogP) is 1.02. The smallest absolute Gasteiger partial charge is 0.399 e.